The second-order valence-electron chi connectivity index (χ2n) is 4.88. The van der Waals surface area contributed by atoms with E-state index in [1.54, 1.807) is 6.08 Å². The number of hydrogen-bond acceptors (Lipinski definition) is 1. The van der Waals surface area contributed by atoms with E-state index in [0.717, 1.165) is 21.2 Å². The largest absolute Gasteiger partial charge is 0.322 e. The van der Waals surface area contributed by atoms with Crippen molar-refractivity contribution in [3.05, 3.63) is 68.8 Å². The van der Waals surface area contributed by atoms with Gasteiger partial charge in [0.2, 0.25) is 5.91 Å². The summed E-state index contributed by atoms with van der Waals surface area (Å²) in [5.41, 5.74) is 4.35. The number of anilines is 1. The topological polar surface area (TPSA) is 29.1 Å². The van der Waals surface area contributed by atoms with E-state index in [4.69, 9.17) is 0 Å². The van der Waals surface area contributed by atoms with Crippen LogP contribution in [-0.4, -0.2) is 5.91 Å². The minimum absolute atomic E-state index is 0.116. The Bertz CT molecular complexity index is 659. The third-order valence-electron chi connectivity index (χ3n) is 3.25. The molecule has 0 aliphatic heterocycles. The Kier molecular flexibility index (Phi) is 5.56. The van der Waals surface area contributed by atoms with Gasteiger partial charge in [0.1, 0.15) is 0 Å². The fraction of sp³-hybridized carbons (Fsp3) is 0.167. The molecule has 0 aromatic heterocycles. The molecule has 0 fully saturated rings. The quantitative estimate of drug-likeness (QED) is 0.588. The Morgan fingerprint density at radius 1 is 1.19 bits per heavy atom. The van der Waals surface area contributed by atoms with E-state index in [0.29, 0.717) is 0 Å². The van der Waals surface area contributed by atoms with Crippen LogP contribution >= 0.6 is 22.6 Å². The van der Waals surface area contributed by atoms with Crippen molar-refractivity contribution in [2.75, 3.05) is 5.32 Å². The van der Waals surface area contributed by atoms with Crippen LogP contribution in [0.25, 0.3) is 6.08 Å². The lowest BCUT2D eigenvalue weighted by atomic mass is 10.1. The molecular formula is C18H18INO. The first-order chi connectivity index (χ1) is 10.1. The van der Waals surface area contributed by atoms with Gasteiger partial charge in [0.05, 0.1) is 0 Å². The van der Waals surface area contributed by atoms with Gasteiger partial charge in [-0.3, -0.25) is 4.79 Å². The molecule has 0 bridgehead atoms. The number of aryl methyl sites for hydroxylation is 2. The van der Waals surface area contributed by atoms with Crippen LogP contribution in [0.3, 0.4) is 0 Å². The summed E-state index contributed by atoms with van der Waals surface area (Å²) in [5.74, 6) is -0.116. The van der Waals surface area contributed by atoms with E-state index in [1.165, 1.54) is 11.1 Å². The second-order valence-corrected chi connectivity index (χ2v) is 6.04. The standard InChI is InChI=1S/C18H18INO/c1-3-14-5-7-15(8-6-14)9-11-18(21)20-16-10-4-13(2)17(19)12-16/h4-12H,3H2,1-2H3,(H,20,21)/b11-9+. The number of nitrogens with one attached hydrogen (secondary N) is 1. The fourth-order valence-corrected chi connectivity index (χ4v) is 2.41. The molecule has 2 aromatic carbocycles. The van der Waals surface area contributed by atoms with Crippen LogP contribution < -0.4 is 5.32 Å². The number of carbonyl (C=O) groups excluding carboxylic acids is 1. The first-order valence-electron chi connectivity index (χ1n) is 6.92. The molecule has 0 unspecified atom stereocenters. The molecule has 1 N–H and O–H groups in total. The average Bonchev–Trinajstić information content (AvgIpc) is 2.49. The summed E-state index contributed by atoms with van der Waals surface area (Å²) in [6, 6.07) is 14.1. The molecule has 108 valence electrons. The lowest BCUT2D eigenvalue weighted by molar-refractivity contribution is -0.111. The molecule has 2 rings (SSSR count). The van der Waals surface area contributed by atoms with Crippen molar-refractivity contribution in [2.45, 2.75) is 20.3 Å². The van der Waals surface area contributed by atoms with Crippen molar-refractivity contribution in [1.82, 2.24) is 0 Å². The van der Waals surface area contributed by atoms with E-state index in [1.807, 2.05) is 43.3 Å². The zero-order valence-electron chi connectivity index (χ0n) is 12.2. The van der Waals surface area contributed by atoms with Crippen LogP contribution in [0.4, 0.5) is 5.69 Å². The summed E-state index contributed by atoms with van der Waals surface area (Å²) in [7, 11) is 0. The van der Waals surface area contributed by atoms with Gasteiger partial charge < -0.3 is 5.32 Å². The van der Waals surface area contributed by atoms with Crippen molar-refractivity contribution >= 4 is 40.3 Å². The van der Waals surface area contributed by atoms with E-state index < -0.39 is 0 Å². The minimum atomic E-state index is -0.116. The predicted octanol–water partition coefficient (Wildman–Crippen LogP) is 4.81. The Morgan fingerprint density at radius 3 is 2.52 bits per heavy atom. The molecule has 2 nitrogen and oxygen atoms in total. The summed E-state index contributed by atoms with van der Waals surface area (Å²) in [6.07, 6.45) is 4.41. The van der Waals surface area contributed by atoms with Gasteiger partial charge in [-0.2, -0.15) is 0 Å². The molecule has 0 atom stereocenters. The van der Waals surface area contributed by atoms with Crippen LogP contribution in [0, 0.1) is 10.5 Å². The average molecular weight is 391 g/mol. The highest BCUT2D eigenvalue weighted by Crippen LogP contribution is 2.17. The van der Waals surface area contributed by atoms with Crippen molar-refractivity contribution < 1.29 is 4.79 Å². The number of rotatable bonds is 4. The maximum Gasteiger partial charge on any atom is 0.248 e. The van der Waals surface area contributed by atoms with E-state index in [-0.39, 0.29) is 5.91 Å². The number of amides is 1. The highest BCUT2D eigenvalue weighted by molar-refractivity contribution is 14.1. The van der Waals surface area contributed by atoms with Gasteiger partial charge in [0.15, 0.2) is 0 Å². The van der Waals surface area contributed by atoms with Gasteiger partial charge in [0.25, 0.3) is 0 Å². The minimum Gasteiger partial charge on any atom is -0.322 e. The Morgan fingerprint density at radius 2 is 1.90 bits per heavy atom. The molecule has 0 heterocycles. The molecule has 0 spiro atoms. The maximum absolute atomic E-state index is 11.9. The molecular weight excluding hydrogens is 373 g/mol. The van der Waals surface area contributed by atoms with Crippen molar-refractivity contribution in [3.63, 3.8) is 0 Å². The molecule has 0 saturated carbocycles. The van der Waals surface area contributed by atoms with Gasteiger partial charge in [-0.15, -0.1) is 0 Å². The molecule has 0 radical (unpaired) electrons. The van der Waals surface area contributed by atoms with Gasteiger partial charge in [0, 0.05) is 15.3 Å². The number of carbonyl (C=O) groups is 1. The SMILES string of the molecule is CCc1ccc(/C=C/C(=O)Nc2ccc(C)c(I)c2)cc1. The number of halogens is 1. The smallest absolute Gasteiger partial charge is 0.248 e. The molecule has 0 aliphatic carbocycles. The second kappa shape index (κ2) is 7.41. The number of hydrogen-bond donors (Lipinski definition) is 1. The first-order valence-corrected chi connectivity index (χ1v) is 8.00. The van der Waals surface area contributed by atoms with Gasteiger partial charge in [-0.1, -0.05) is 37.3 Å². The lowest BCUT2D eigenvalue weighted by Gasteiger charge is -2.04. The predicted molar refractivity (Wildman–Crippen MR) is 97.4 cm³/mol. The van der Waals surface area contributed by atoms with Crippen LogP contribution in [0.1, 0.15) is 23.6 Å². The first kappa shape index (κ1) is 15.8. The molecule has 0 saturated heterocycles. The highest BCUT2D eigenvalue weighted by atomic mass is 127. The molecule has 3 heteroatoms. The van der Waals surface area contributed by atoms with Crippen LogP contribution in [0.2, 0.25) is 0 Å². The Labute approximate surface area is 139 Å². The zero-order chi connectivity index (χ0) is 15.2. The van der Waals surface area contributed by atoms with Gasteiger partial charge in [-0.25, -0.2) is 0 Å². The highest BCUT2D eigenvalue weighted by Gasteiger charge is 2.00. The molecule has 2 aromatic rings. The third kappa shape index (κ3) is 4.70. The van der Waals surface area contributed by atoms with Gasteiger partial charge in [-0.05, 0) is 70.8 Å². The summed E-state index contributed by atoms with van der Waals surface area (Å²) >= 11 is 2.26. The van der Waals surface area contributed by atoms with Crippen molar-refractivity contribution in [1.29, 1.82) is 0 Å². The third-order valence-corrected chi connectivity index (χ3v) is 4.42. The molecule has 1 amide bonds. The molecule has 21 heavy (non-hydrogen) atoms. The summed E-state index contributed by atoms with van der Waals surface area (Å²) in [4.78, 5) is 11.9. The normalized spacial score (nSPS) is 10.8. The lowest BCUT2D eigenvalue weighted by Crippen LogP contribution is -2.07. The Balaban J connectivity index is 1.99. The summed E-state index contributed by atoms with van der Waals surface area (Å²) in [6.45, 7) is 4.18. The Hall–Kier alpha value is -1.62. The van der Waals surface area contributed by atoms with Gasteiger partial charge >= 0.3 is 0 Å². The van der Waals surface area contributed by atoms with Crippen LogP contribution in [0.5, 0.6) is 0 Å². The van der Waals surface area contributed by atoms with Crippen molar-refractivity contribution in [3.8, 4) is 0 Å². The van der Waals surface area contributed by atoms with Crippen LogP contribution in [0.15, 0.2) is 48.5 Å². The number of benzene rings is 2. The van der Waals surface area contributed by atoms with E-state index in [9.17, 15) is 4.79 Å². The van der Waals surface area contributed by atoms with Crippen LogP contribution in [-0.2, 0) is 11.2 Å². The van der Waals surface area contributed by atoms with E-state index in [2.05, 4.69) is 47.0 Å². The maximum atomic E-state index is 11.9. The zero-order valence-corrected chi connectivity index (χ0v) is 14.3. The summed E-state index contributed by atoms with van der Waals surface area (Å²) in [5, 5.41) is 2.87. The fourth-order valence-electron chi connectivity index (χ4n) is 1.89. The van der Waals surface area contributed by atoms with E-state index >= 15 is 0 Å². The monoisotopic (exact) mass is 391 g/mol. The van der Waals surface area contributed by atoms with Crippen molar-refractivity contribution in [2.24, 2.45) is 0 Å². The molecule has 0 aliphatic rings. The summed E-state index contributed by atoms with van der Waals surface area (Å²) < 4.78 is 1.14.